The number of halogens is 1. The second-order valence-electron chi connectivity index (χ2n) is 7.46. The van der Waals surface area contributed by atoms with Gasteiger partial charge in [0, 0.05) is 17.8 Å². The molecule has 1 aliphatic heterocycles. The van der Waals surface area contributed by atoms with Crippen molar-refractivity contribution in [2.45, 2.75) is 13.1 Å². The van der Waals surface area contributed by atoms with Gasteiger partial charge in [-0.2, -0.15) is 10.4 Å². The van der Waals surface area contributed by atoms with E-state index in [9.17, 15) is 9.59 Å². The number of fused-ring (bicyclic) bond motifs is 2. The zero-order valence-corrected chi connectivity index (χ0v) is 17.8. The van der Waals surface area contributed by atoms with Crippen LogP contribution < -0.4 is 11.1 Å². The van der Waals surface area contributed by atoms with Gasteiger partial charge in [-0.3, -0.25) is 9.48 Å². The van der Waals surface area contributed by atoms with E-state index < -0.39 is 5.91 Å². The van der Waals surface area contributed by atoms with Gasteiger partial charge in [0.25, 0.3) is 5.91 Å². The molecule has 0 saturated carbocycles. The maximum atomic E-state index is 12.8. The molecule has 3 amide bonds. The van der Waals surface area contributed by atoms with E-state index in [-0.39, 0.29) is 18.1 Å². The minimum absolute atomic E-state index is 0.146. The lowest BCUT2D eigenvalue weighted by atomic mass is 10.0. The number of nitriles is 1. The lowest BCUT2D eigenvalue weighted by Gasteiger charge is -2.28. The number of benzene rings is 2. The summed E-state index contributed by atoms with van der Waals surface area (Å²) >= 11 is 6.31. The molecule has 10 nitrogen and oxygen atoms in total. The Bertz CT molecular complexity index is 1450. The zero-order valence-electron chi connectivity index (χ0n) is 17.1. The topological polar surface area (TPSA) is 143 Å². The van der Waals surface area contributed by atoms with Crippen LogP contribution >= 0.6 is 11.6 Å². The Morgan fingerprint density at radius 2 is 2.00 bits per heavy atom. The molecule has 2 aromatic carbocycles. The Morgan fingerprint density at radius 1 is 1.21 bits per heavy atom. The Hall–Kier alpha value is -4.36. The normalized spacial score (nSPS) is 12.9. The van der Waals surface area contributed by atoms with Crippen LogP contribution in [0, 0.1) is 11.3 Å². The highest BCUT2D eigenvalue weighted by atomic mass is 35.5. The van der Waals surface area contributed by atoms with Crippen molar-refractivity contribution < 1.29 is 14.0 Å². The molecule has 0 fully saturated rings. The van der Waals surface area contributed by atoms with Crippen molar-refractivity contribution in [1.82, 2.24) is 19.7 Å². The van der Waals surface area contributed by atoms with Crippen LogP contribution in [0.4, 0.5) is 10.5 Å². The van der Waals surface area contributed by atoms with E-state index >= 15 is 0 Å². The van der Waals surface area contributed by atoms with Crippen LogP contribution in [-0.4, -0.2) is 38.1 Å². The number of nitrogens with zero attached hydrogens (tertiary/aromatic N) is 5. The largest absolute Gasteiger partial charge is 0.442 e. The SMILES string of the molecule is N#Cc1ccc(NC(=O)N2CCn3nc(-c4cc(Cl)c5ocnc5c4)c(C(N)=O)c3C2)cc1. The number of amides is 3. The summed E-state index contributed by atoms with van der Waals surface area (Å²) in [5, 5.41) is 16.6. The van der Waals surface area contributed by atoms with E-state index in [0.717, 1.165) is 0 Å². The third kappa shape index (κ3) is 3.64. The first-order valence-electron chi connectivity index (χ1n) is 9.93. The van der Waals surface area contributed by atoms with E-state index in [4.69, 9.17) is 27.0 Å². The van der Waals surface area contributed by atoms with Gasteiger partial charge in [0.05, 0.1) is 41.0 Å². The molecule has 33 heavy (non-hydrogen) atoms. The van der Waals surface area contributed by atoms with Gasteiger partial charge in [-0.25, -0.2) is 9.78 Å². The quantitative estimate of drug-likeness (QED) is 0.478. The summed E-state index contributed by atoms with van der Waals surface area (Å²) in [6, 6.07) is 11.6. The predicted molar refractivity (Wildman–Crippen MR) is 119 cm³/mol. The number of anilines is 1. The van der Waals surface area contributed by atoms with Crippen LogP contribution in [0.5, 0.6) is 0 Å². The number of primary amides is 1. The van der Waals surface area contributed by atoms with Crippen molar-refractivity contribution in [3.05, 3.63) is 64.6 Å². The number of rotatable bonds is 3. The average molecular weight is 462 g/mol. The van der Waals surface area contributed by atoms with Crippen molar-refractivity contribution in [3.63, 3.8) is 0 Å². The molecular formula is C22H16ClN7O3. The third-order valence-electron chi connectivity index (χ3n) is 5.44. The minimum Gasteiger partial charge on any atom is -0.442 e. The molecule has 0 atom stereocenters. The number of hydrogen-bond acceptors (Lipinski definition) is 6. The summed E-state index contributed by atoms with van der Waals surface area (Å²) in [5.41, 5.74) is 9.46. The predicted octanol–water partition coefficient (Wildman–Crippen LogP) is 3.36. The van der Waals surface area contributed by atoms with E-state index in [2.05, 4.69) is 15.4 Å². The van der Waals surface area contributed by atoms with E-state index in [1.165, 1.54) is 6.39 Å². The molecule has 0 radical (unpaired) electrons. The van der Waals surface area contributed by atoms with Crippen LogP contribution in [0.15, 0.2) is 47.2 Å². The van der Waals surface area contributed by atoms with Gasteiger partial charge in [-0.15, -0.1) is 0 Å². The summed E-state index contributed by atoms with van der Waals surface area (Å²) in [7, 11) is 0. The summed E-state index contributed by atoms with van der Waals surface area (Å²) in [4.78, 5) is 30.9. The molecule has 3 N–H and O–H groups in total. The molecule has 1 aliphatic rings. The first-order valence-corrected chi connectivity index (χ1v) is 10.3. The molecule has 164 valence electrons. The van der Waals surface area contributed by atoms with Crippen molar-refractivity contribution in [3.8, 4) is 17.3 Å². The van der Waals surface area contributed by atoms with Gasteiger partial charge in [-0.1, -0.05) is 11.6 Å². The first kappa shape index (κ1) is 20.5. The number of nitrogens with two attached hydrogens (primary N) is 1. The van der Waals surface area contributed by atoms with Gasteiger partial charge < -0.3 is 20.4 Å². The van der Waals surface area contributed by atoms with Gasteiger partial charge in [0.15, 0.2) is 12.0 Å². The van der Waals surface area contributed by atoms with Crippen molar-refractivity contribution in [2.24, 2.45) is 5.73 Å². The number of hydrogen-bond donors (Lipinski definition) is 2. The molecule has 0 spiro atoms. The fourth-order valence-corrected chi connectivity index (χ4v) is 4.11. The molecule has 3 heterocycles. The summed E-state index contributed by atoms with van der Waals surface area (Å²) in [5.74, 6) is -0.656. The van der Waals surface area contributed by atoms with Gasteiger partial charge in [-0.05, 0) is 36.4 Å². The number of carbonyl (C=O) groups excluding carboxylic acids is 2. The summed E-state index contributed by atoms with van der Waals surface area (Å²) in [6.07, 6.45) is 1.29. The Balaban J connectivity index is 1.46. The van der Waals surface area contributed by atoms with E-state index in [1.54, 1.807) is 46.0 Å². The monoisotopic (exact) mass is 461 g/mol. The van der Waals surface area contributed by atoms with Crippen LogP contribution in [0.1, 0.15) is 21.6 Å². The number of nitrogens with one attached hydrogen (secondary N) is 1. The van der Waals surface area contributed by atoms with Crippen LogP contribution in [-0.2, 0) is 13.1 Å². The third-order valence-corrected chi connectivity index (χ3v) is 5.72. The van der Waals surface area contributed by atoms with Crippen molar-refractivity contribution in [1.29, 1.82) is 5.26 Å². The molecule has 0 aliphatic carbocycles. The Labute approximate surface area is 192 Å². The summed E-state index contributed by atoms with van der Waals surface area (Å²) < 4.78 is 6.96. The van der Waals surface area contributed by atoms with Crippen LogP contribution in [0.25, 0.3) is 22.4 Å². The molecule has 5 rings (SSSR count). The lowest BCUT2D eigenvalue weighted by Crippen LogP contribution is -2.41. The highest BCUT2D eigenvalue weighted by Gasteiger charge is 2.30. The molecule has 0 unspecified atom stereocenters. The fourth-order valence-electron chi connectivity index (χ4n) is 3.85. The Morgan fingerprint density at radius 3 is 2.73 bits per heavy atom. The molecule has 2 aromatic heterocycles. The van der Waals surface area contributed by atoms with Crippen LogP contribution in [0.3, 0.4) is 0 Å². The van der Waals surface area contributed by atoms with Gasteiger partial charge >= 0.3 is 6.03 Å². The minimum atomic E-state index is -0.656. The van der Waals surface area contributed by atoms with Crippen molar-refractivity contribution in [2.75, 3.05) is 11.9 Å². The summed E-state index contributed by atoms with van der Waals surface area (Å²) in [6.45, 7) is 0.918. The van der Waals surface area contributed by atoms with Gasteiger partial charge in [0.2, 0.25) is 0 Å². The van der Waals surface area contributed by atoms with Crippen molar-refractivity contribution >= 4 is 40.3 Å². The molecule has 11 heteroatoms. The highest BCUT2D eigenvalue weighted by Crippen LogP contribution is 2.33. The average Bonchev–Trinajstić information content (AvgIpc) is 3.44. The standard InChI is InChI=1S/C22H16ClN7O3/c23-15-7-13(8-16-20(15)33-11-26-16)19-18(21(25)31)17-10-29(5-6-30(17)28-19)22(32)27-14-3-1-12(9-24)2-4-14/h1-4,7-8,11H,5-6,10H2,(H2,25,31)(H,27,32). The lowest BCUT2D eigenvalue weighted by molar-refractivity contribution is 0.0997. The van der Waals surface area contributed by atoms with Gasteiger partial charge in [0.1, 0.15) is 11.2 Å². The second-order valence-corrected chi connectivity index (χ2v) is 7.86. The zero-order chi connectivity index (χ0) is 23.1. The number of urea groups is 1. The molecule has 0 bridgehead atoms. The molecular weight excluding hydrogens is 446 g/mol. The smallest absolute Gasteiger partial charge is 0.322 e. The number of oxazole rings is 1. The maximum absolute atomic E-state index is 12.8. The molecule has 4 aromatic rings. The highest BCUT2D eigenvalue weighted by molar-refractivity contribution is 6.35. The van der Waals surface area contributed by atoms with E-state index in [1.807, 2.05) is 6.07 Å². The maximum Gasteiger partial charge on any atom is 0.322 e. The number of carbonyl (C=O) groups is 2. The second kappa shape index (κ2) is 7.96. The fraction of sp³-hybridized carbons (Fsp3) is 0.136. The molecule has 0 saturated heterocycles. The first-order chi connectivity index (χ1) is 15.9. The van der Waals surface area contributed by atoms with Crippen LogP contribution in [0.2, 0.25) is 5.02 Å². The Kier molecular flexibility index (Phi) is 4.95. The van der Waals surface area contributed by atoms with E-state index in [0.29, 0.717) is 57.4 Å². The number of aromatic nitrogens is 3.